The van der Waals surface area contributed by atoms with Crippen LogP contribution in [0.4, 0.5) is 24.5 Å². The predicted octanol–water partition coefficient (Wildman–Crippen LogP) is 2.59. The standard InChI is InChI=1S/C19H19F3IN3O5/c1-10(25-30-6-4-27)12-9-13(19(29)26-31-7-5-28)18(17(22)16(12)21)24-15-3-2-11(23)8-14(15)20/h2-3,8-9,24-25,27-28H,1,4-7H2,(H,26,29). The van der Waals surface area contributed by atoms with Crippen LogP contribution >= 0.6 is 22.6 Å². The van der Waals surface area contributed by atoms with E-state index < -0.39 is 46.8 Å². The molecular formula is C19H19F3IN3O5. The normalized spacial score (nSPS) is 10.6. The first kappa shape index (κ1) is 24.9. The van der Waals surface area contributed by atoms with Gasteiger partial charge in [-0.3, -0.25) is 19.9 Å². The first-order valence-electron chi connectivity index (χ1n) is 8.75. The largest absolute Gasteiger partial charge is 0.394 e. The molecule has 0 saturated carbocycles. The van der Waals surface area contributed by atoms with Gasteiger partial charge in [-0.1, -0.05) is 6.58 Å². The van der Waals surface area contributed by atoms with Crippen molar-refractivity contribution >= 4 is 45.6 Å². The summed E-state index contributed by atoms with van der Waals surface area (Å²) >= 11 is 1.88. The van der Waals surface area contributed by atoms with Crippen molar-refractivity contribution in [2.45, 2.75) is 0 Å². The van der Waals surface area contributed by atoms with Gasteiger partial charge >= 0.3 is 0 Å². The smallest absolute Gasteiger partial charge is 0.277 e. The van der Waals surface area contributed by atoms with Gasteiger partial charge in [0.25, 0.3) is 5.91 Å². The van der Waals surface area contributed by atoms with E-state index in [4.69, 9.17) is 19.9 Å². The number of nitrogens with one attached hydrogen (secondary N) is 3. The second-order valence-corrected chi connectivity index (χ2v) is 7.13. The molecule has 0 aliphatic heterocycles. The van der Waals surface area contributed by atoms with E-state index in [1.807, 2.05) is 28.1 Å². The van der Waals surface area contributed by atoms with Gasteiger partial charge in [-0.2, -0.15) is 0 Å². The van der Waals surface area contributed by atoms with E-state index in [9.17, 15) is 18.0 Å². The molecule has 0 aromatic heterocycles. The van der Waals surface area contributed by atoms with Crippen LogP contribution in [0, 0.1) is 21.0 Å². The average molecular weight is 553 g/mol. The number of carbonyl (C=O) groups is 1. The summed E-state index contributed by atoms with van der Waals surface area (Å²) in [5, 5.41) is 19.9. The van der Waals surface area contributed by atoms with E-state index in [0.29, 0.717) is 3.57 Å². The lowest BCUT2D eigenvalue weighted by molar-refractivity contribution is 0.0168. The zero-order valence-electron chi connectivity index (χ0n) is 16.0. The van der Waals surface area contributed by atoms with Gasteiger partial charge in [-0.15, -0.1) is 0 Å². The fraction of sp³-hybridized carbons (Fsp3) is 0.211. The van der Waals surface area contributed by atoms with Crippen molar-refractivity contribution in [1.82, 2.24) is 11.0 Å². The molecule has 1 amide bonds. The number of carbonyl (C=O) groups excluding carboxylic acids is 1. The quantitative estimate of drug-likeness (QED) is 0.165. The Morgan fingerprint density at radius 1 is 1.00 bits per heavy atom. The second-order valence-electron chi connectivity index (χ2n) is 5.88. The van der Waals surface area contributed by atoms with Crippen molar-refractivity contribution in [3.63, 3.8) is 0 Å². The summed E-state index contributed by atoms with van der Waals surface area (Å²) in [6.07, 6.45) is 0. The third-order valence-electron chi connectivity index (χ3n) is 3.71. The van der Waals surface area contributed by atoms with Crippen LogP contribution < -0.4 is 16.3 Å². The molecular weight excluding hydrogens is 534 g/mol. The van der Waals surface area contributed by atoms with Crippen LogP contribution in [-0.2, 0) is 9.68 Å². The summed E-state index contributed by atoms with van der Waals surface area (Å²) in [5.74, 6) is -4.60. The number of halogens is 4. The van der Waals surface area contributed by atoms with Gasteiger partial charge in [-0.25, -0.2) is 18.7 Å². The van der Waals surface area contributed by atoms with Gasteiger partial charge in [-0.05, 0) is 46.9 Å². The third kappa shape index (κ3) is 6.54. The summed E-state index contributed by atoms with van der Waals surface area (Å²) in [7, 11) is 0. The number of aliphatic hydroxyl groups is 2. The predicted molar refractivity (Wildman–Crippen MR) is 114 cm³/mol. The molecule has 0 spiro atoms. The molecule has 12 heteroatoms. The van der Waals surface area contributed by atoms with Crippen molar-refractivity contribution in [2.24, 2.45) is 0 Å². The number of anilines is 2. The Labute approximate surface area is 189 Å². The van der Waals surface area contributed by atoms with Crippen LogP contribution in [0.1, 0.15) is 15.9 Å². The lowest BCUT2D eigenvalue weighted by Crippen LogP contribution is -2.27. The minimum absolute atomic E-state index is 0.156. The highest BCUT2D eigenvalue weighted by Gasteiger charge is 2.25. The number of amides is 1. The third-order valence-corrected chi connectivity index (χ3v) is 4.39. The maximum absolute atomic E-state index is 14.9. The summed E-state index contributed by atoms with van der Waals surface area (Å²) in [6.45, 7) is 2.37. The second kappa shape index (κ2) is 11.9. The summed E-state index contributed by atoms with van der Waals surface area (Å²) in [5.41, 5.74) is 2.26. The molecule has 168 valence electrons. The van der Waals surface area contributed by atoms with Crippen molar-refractivity contribution in [3.8, 4) is 0 Å². The molecule has 31 heavy (non-hydrogen) atoms. The van der Waals surface area contributed by atoms with Crippen molar-refractivity contribution in [1.29, 1.82) is 0 Å². The fourth-order valence-corrected chi connectivity index (χ4v) is 2.78. The Balaban J connectivity index is 2.49. The van der Waals surface area contributed by atoms with E-state index in [2.05, 4.69) is 17.4 Å². The number of hydrogen-bond donors (Lipinski definition) is 5. The number of hydroxylamine groups is 2. The van der Waals surface area contributed by atoms with E-state index in [1.54, 1.807) is 0 Å². The van der Waals surface area contributed by atoms with Crippen molar-refractivity contribution < 1.29 is 37.9 Å². The lowest BCUT2D eigenvalue weighted by atomic mass is 10.0. The SMILES string of the molecule is C=C(NOCCO)c1cc(C(=O)NOCCO)c(Nc2ccc(I)cc2F)c(F)c1F. The Bertz CT molecular complexity index is 962. The molecule has 0 unspecified atom stereocenters. The summed E-state index contributed by atoms with van der Waals surface area (Å²) < 4.78 is 44.5. The van der Waals surface area contributed by atoms with E-state index in [-0.39, 0.29) is 31.2 Å². The molecule has 0 aliphatic carbocycles. The fourth-order valence-electron chi connectivity index (χ4n) is 2.33. The Morgan fingerprint density at radius 3 is 2.26 bits per heavy atom. The van der Waals surface area contributed by atoms with Crippen LogP contribution in [0.25, 0.3) is 5.70 Å². The highest BCUT2D eigenvalue weighted by Crippen LogP contribution is 2.32. The lowest BCUT2D eigenvalue weighted by Gasteiger charge is -2.18. The molecule has 0 radical (unpaired) electrons. The molecule has 2 rings (SSSR count). The van der Waals surface area contributed by atoms with Gasteiger partial charge in [0.05, 0.1) is 49.1 Å². The number of hydrogen-bond acceptors (Lipinski definition) is 7. The molecule has 2 aromatic rings. The zero-order valence-corrected chi connectivity index (χ0v) is 18.1. The van der Waals surface area contributed by atoms with Gasteiger partial charge in [0.1, 0.15) is 5.82 Å². The van der Waals surface area contributed by atoms with E-state index in [0.717, 1.165) is 6.07 Å². The number of rotatable bonds is 11. The minimum Gasteiger partial charge on any atom is -0.394 e. The molecule has 0 heterocycles. The molecule has 0 aliphatic rings. The molecule has 0 saturated heterocycles. The highest BCUT2D eigenvalue weighted by atomic mass is 127. The van der Waals surface area contributed by atoms with Crippen molar-refractivity contribution in [2.75, 3.05) is 31.7 Å². The van der Waals surface area contributed by atoms with Gasteiger partial charge < -0.3 is 15.5 Å². The van der Waals surface area contributed by atoms with Crippen molar-refractivity contribution in [3.05, 3.63) is 63.0 Å². The Kier molecular flexibility index (Phi) is 9.51. The van der Waals surface area contributed by atoms with Gasteiger partial charge in [0.15, 0.2) is 11.6 Å². The van der Waals surface area contributed by atoms with Crippen LogP contribution in [-0.4, -0.2) is 42.5 Å². The Hall–Kier alpha value is -2.39. The van der Waals surface area contributed by atoms with E-state index >= 15 is 0 Å². The average Bonchev–Trinajstić information content (AvgIpc) is 2.73. The Morgan fingerprint density at radius 2 is 1.65 bits per heavy atom. The monoisotopic (exact) mass is 553 g/mol. The number of benzene rings is 2. The van der Waals surface area contributed by atoms with Crippen LogP contribution in [0.3, 0.4) is 0 Å². The molecule has 0 atom stereocenters. The minimum atomic E-state index is -1.48. The van der Waals surface area contributed by atoms with Crippen LogP contribution in [0.5, 0.6) is 0 Å². The first-order valence-corrected chi connectivity index (χ1v) is 9.83. The highest BCUT2D eigenvalue weighted by molar-refractivity contribution is 14.1. The topological polar surface area (TPSA) is 112 Å². The summed E-state index contributed by atoms with van der Waals surface area (Å²) in [6, 6.07) is 4.96. The molecule has 0 fully saturated rings. The van der Waals surface area contributed by atoms with Gasteiger partial charge in [0.2, 0.25) is 0 Å². The van der Waals surface area contributed by atoms with Gasteiger partial charge in [0, 0.05) is 9.13 Å². The molecule has 8 nitrogen and oxygen atoms in total. The van der Waals surface area contributed by atoms with Crippen LogP contribution in [0.15, 0.2) is 30.8 Å². The summed E-state index contributed by atoms with van der Waals surface area (Å²) in [4.78, 5) is 22.1. The van der Waals surface area contributed by atoms with E-state index in [1.165, 1.54) is 18.2 Å². The molecule has 2 aromatic carbocycles. The maximum Gasteiger partial charge on any atom is 0.277 e. The molecule has 5 N–H and O–H groups in total. The van der Waals surface area contributed by atoms with Crippen LogP contribution in [0.2, 0.25) is 0 Å². The number of aliphatic hydroxyl groups excluding tert-OH is 2. The first-order chi connectivity index (χ1) is 14.8. The maximum atomic E-state index is 14.9. The zero-order chi connectivity index (χ0) is 23.0. The molecule has 0 bridgehead atoms.